The van der Waals surface area contributed by atoms with Gasteiger partial charge in [0.2, 0.25) is 0 Å². The molecule has 3 heteroatoms. The van der Waals surface area contributed by atoms with Crippen molar-refractivity contribution in [3.05, 3.63) is 65.2 Å². The fourth-order valence-electron chi connectivity index (χ4n) is 2.08. The van der Waals surface area contributed by atoms with E-state index in [0.29, 0.717) is 13.0 Å². The maximum absolute atomic E-state index is 11.4. The lowest BCUT2D eigenvalue weighted by atomic mass is 10.0. The number of carbonyl (C=O) groups is 1. The number of aryl methyl sites for hydroxylation is 1. The Morgan fingerprint density at radius 3 is 2.55 bits per heavy atom. The first kappa shape index (κ1) is 14.1. The van der Waals surface area contributed by atoms with Crippen LogP contribution >= 0.6 is 0 Å². The summed E-state index contributed by atoms with van der Waals surface area (Å²) in [5.41, 5.74) is 4.41. The van der Waals surface area contributed by atoms with Gasteiger partial charge in [0.25, 0.3) is 0 Å². The molecular weight excluding hydrogens is 250 g/mol. The van der Waals surface area contributed by atoms with Crippen LogP contribution in [0.15, 0.2) is 48.5 Å². The number of methoxy groups -OCH3 is 1. The monoisotopic (exact) mass is 269 g/mol. The van der Waals surface area contributed by atoms with Gasteiger partial charge in [-0.25, -0.2) is 0 Å². The maximum atomic E-state index is 11.4. The third-order valence-electron chi connectivity index (χ3n) is 3.18. The average molecular weight is 269 g/mol. The van der Waals surface area contributed by atoms with Crippen molar-refractivity contribution in [2.45, 2.75) is 19.9 Å². The highest BCUT2D eigenvalue weighted by Crippen LogP contribution is 2.15. The van der Waals surface area contributed by atoms with Gasteiger partial charge in [-0.15, -0.1) is 0 Å². The van der Waals surface area contributed by atoms with Gasteiger partial charge in [0.1, 0.15) is 0 Å². The van der Waals surface area contributed by atoms with Crippen LogP contribution in [-0.2, 0) is 22.5 Å². The van der Waals surface area contributed by atoms with E-state index in [1.807, 2.05) is 36.4 Å². The fraction of sp³-hybridized carbons (Fsp3) is 0.235. The molecule has 104 valence electrons. The predicted octanol–water partition coefficient (Wildman–Crippen LogP) is 3.32. The number of anilines is 1. The molecule has 0 fully saturated rings. The molecule has 0 aliphatic heterocycles. The molecule has 2 aromatic carbocycles. The van der Waals surface area contributed by atoms with Gasteiger partial charge < -0.3 is 10.1 Å². The Kier molecular flexibility index (Phi) is 4.77. The first-order chi connectivity index (χ1) is 9.69. The topological polar surface area (TPSA) is 38.3 Å². The summed E-state index contributed by atoms with van der Waals surface area (Å²) in [6, 6.07) is 16.1. The lowest BCUT2D eigenvalue weighted by Crippen LogP contribution is -2.09. The second kappa shape index (κ2) is 6.75. The van der Waals surface area contributed by atoms with Gasteiger partial charge in [0.05, 0.1) is 13.5 Å². The highest BCUT2D eigenvalue weighted by Gasteiger charge is 2.07. The number of esters is 1. The smallest absolute Gasteiger partial charge is 0.309 e. The molecule has 0 atom stereocenters. The summed E-state index contributed by atoms with van der Waals surface area (Å²) in [6.07, 6.45) is 0.308. The highest BCUT2D eigenvalue weighted by atomic mass is 16.5. The van der Waals surface area contributed by atoms with Crippen molar-refractivity contribution in [3.63, 3.8) is 0 Å². The SMILES string of the molecule is COC(=O)Cc1ccccc1CNc1cccc(C)c1. The van der Waals surface area contributed by atoms with Gasteiger partial charge in [-0.3, -0.25) is 4.79 Å². The fourth-order valence-corrected chi connectivity index (χ4v) is 2.08. The quantitative estimate of drug-likeness (QED) is 0.846. The summed E-state index contributed by atoms with van der Waals surface area (Å²) < 4.78 is 4.73. The Morgan fingerprint density at radius 2 is 1.85 bits per heavy atom. The minimum Gasteiger partial charge on any atom is -0.469 e. The minimum atomic E-state index is -0.215. The van der Waals surface area contributed by atoms with Crippen LogP contribution < -0.4 is 5.32 Å². The number of hydrogen-bond donors (Lipinski definition) is 1. The van der Waals surface area contributed by atoms with Gasteiger partial charge in [0.15, 0.2) is 0 Å². The molecule has 0 aliphatic rings. The Bertz CT molecular complexity index is 593. The molecule has 0 amide bonds. The largest absolute Gasteiger partial charge is 0.469 e. The van der Waals surface area contributed by atoms with E-state index in [0.717, 1.165) is 16.8 Å². The van der Waals surface area contributed by atoms with Gasteiger partial charge in [-0.05, 0) is 35.7 Å². The number of hydrogen-bond acceptors (Lipinski definition) is 3. The Hall–Kier alpha value is -2.29. The Labute approximate surface area is 119 Å². The zero-order chi connectivity index (χ0) is 14.4. The normalized spacial score (nSPS) is 10.1. The number of carbonyl (C=O) groups excluding carboxylic acids is 1. The molecule has 0 unspecified atom stereocenters. The molecule has 0 bridgehead atoms. The van der Waals surface area contributed by atoms with Gasteiger partial charge >= 0.3 is 5.97 Å². The van der Waals surface area contributed by atoms with Gasteiger partial charge in [-0.2, -0.15) is 0 Å². The van der Waals surface area contributed by atoms with Gasteiger partial charge in [-0.1, -0.05) is 36.4 Å². The van der Waals surface area contributed by atoms with E-state index in [9.17, 15) is 4.79 Å². The van der Waals surface area contributed by atoms with Crippen LogP contribution in [0, 0.1) is 6.92 Å². The summed E-state index contributed by atoms with van der Waals surface area (Å²) in [4.78, 5) is 11.4. The van der Waals surface area contributed by atoms with Crippen molar-refractivity contribution in [2.24, 2.45) is 0 Å². The molecular formula is C17H19NO2. The van der Waals surface area contributed by atoms with Crippen LogP contribution in [0.1, 0.15) is 16.7 Å². The second-order valence-corrected chi connectivity index (χ2v) is 4.74. The van der Waals surface area contributed by atoms with E-state index in [4.69, 9.17) is 4.74 Å². The molecule has 0 aromatic heterocycles. The van der Waals surface area contributed by atoms with E-state index >= 15 is 0 Å². The van der Waals surface area contributed by atoms with E-state index in [1.54, 1.807) is 0 Å². The maximum Gasteiger partial charge on any atom is 0.309 e. The molecule has 0 saturated carbocycles. The molecule has 1 N–H and O–H groups in total. The lowest BCUT2D eigenvalue weighted by Gasteiger charge is -2.11. The molecule has 3 nitrogen and oxygen atoms in total. The molecule has 0 saturated heterocycles. The first-order valence-corrected chi connectivity index (χ1v) is 6.63. The number of benzene rings is 2. The number of nitrogens with one attached hydrogen (secondary N) is 1. The van der Waals surface area contributed by atoms with E-state index in [-0.39, 0.29) is 5.97 Å². The Morgan fingerprint density at radius 1 is 1.10 bits per heavy atom. The van der Waals surface area contributed by atoms with E-state index in [1.165, 1.54) is 12.7 Å². The molecule has 2 rings (SSSR count). The Balaban J connectivity index is 2.07. The van der Waals surface area contributed by atoms with Crippen LogP contribution in [0.3, 0.4) is 0 Å². The molecule has 0 spiro atoms. The van der Waals surface area contributed by atoms with Crippen molar-refractivity contribution in [2.75, 3.05) is 12.4 Å². The standard InChI is InChI=1S/C17H19NO2/c1-13-6-5-9-16(10-13)18-12-15-8-4-3-7-14(15)11-17(19)20-2/h3-10,18H,11-12H2,1-2H3. The van der Waals surface area contributed by atoms with Crippen LogP contribution in [0.25, 0.3) is 0 Å². The summed E-state index contributed by atoms with van der Waals surface area (Å²) in [5, 5.41) is 3.38. The molecule has 20 heavy (non-hydrogen) atoms. The zero-order valence-corrected chi connectivity index (χ0v) is 11.8. The summed E-state index contributed by atoms with van der Waals surface area (Å²) in [7, 11) is 1.41. The van der Waals surface area contributed by atoms with Crippen LogP contribution in [-0.4, -0.2) is 13.1 Å². The van der Waals surface area contributed by atoms with Crippen LogP contribution in [0.4, 0.5) is 5.69 Å². The third kappa shape index (κ3) is 3.85. The zero-order valence-electron chi connectivity index (χ0n) is 11.8. The molecule has 0 aliphatic carbocycles. The second-order valence-electron chi connectivity index (χ2n) is 4.74. The van der Waals surface area contributed by atoms with Crippen molar-refractivity contribution >= 4 is 11.7 Å². The number of rotatable bonds is 5. The van der Waals surface area contributed by atoms with Crippen LogP contribution in [0.2, 0.25) is 0 Å². The van der Waals surface area contributed by atoms with E-state index in [2.05, 4.69) is 24.4 Å². The highest BCUT2D eigenvalue weighted by molar-refractivity contribution is 5.72. The molecule has 2 aromatic rings. The lowest BCUT2D eigenvalue weighted by molar-refractivity contribution is -0.139. The summed E-state index contributed by atoms with van der Waals surface area (Å²) >= 11 is 0. The first-order valence-electron chi connectivity index (χ1n) is 6.63. The predicted molar refractivity (Wildman–Crippen MR) is 80.7 cm³/mol. The summed E-state index contributed by atoms with van der Waals surface area (Å²) in [5.74, 6) is -0.215. The van der Waals surface area contributed by atoms with Gasteiger partial charge in [0, 0.05) is 12.2 Å². The average Bonchev–Trinajstić information content (AvgIpc) is 2.46. The molecule has 0 heterocycles. The molecule has 0 radical (unpaired) electrons. The van der Waals surface area contributed by atoms with Crippen molar-refractivity contribution in [1.82, 2.24) is 0 Å². The van der Waals surface area contributed by atoms with Crippen molar-refractivity contribution < 1.29 is 9.53 Å². The summed E-state index contributed by atoms with van der Waals surface area (Å²) in [6.45, 7) is 2.76. The third-order valence-corrected chi connectivity index (χ3v) is 3.18. The van der Waals surface area contributed by atoms with Crippen molar-refractivity contribution in [1.29, 1.82) is 0 Å². The van der Waals surface area contributed by atoms with Crippen LogP contribution in [0.5, 0.6) is 0 Å². The number of ether oxygens (including phenoxy) is 1. The minimum absolute atomic E-state index is 0.215. The van der Waals surface area contributed by atoms with Crippen molar-refractivity contribution in [3.8, 4) is 0 Å². The van der Waals surface area contributed by atoms with E-state index < -0.39 is 0 Å².